The normalized spacial score (nSPS) is 14.0. The van der Waals surface area contributed by atoms with Gasteiger partial charge in [0.15, 0.2) is 11.5 Å². The predicted molar refractivity (Wildman–Crippen MR) is 98.5 cm³/mol. The lowest BCUT2D eigenvalue weighted by atomic mass is 10.0. The Hall–Kier alpha value is -2.42. The summed E-state index contributed by atoms with van der Waals surface area (Å²) in [7, 11) is 0. The summed E-state index contributed by atoms with van der Waals surface area (Å²) in [5.74, 6) is 1.31. The van der Waals surface area contributed by atoms with Crippen molar-refractivity contribution in [3.8, 4) is 23.6 Å². The summed E-state index contributed by atoms with van der Waals surface area (Å²) in [6.45, 7) is 5.05. The number of fused-ring (bicyclic) bond motifs is 1. The van der Waals surface area contributed by atoms with E-state index in [0.29, 0.717) is 37.4 Å². The van der Waals surface area contributed by atoms with Gasteiger partial charge in [-0.2, -0.15) is 10.5 Å². The smallest absolute Gasteiger partial charge is 0.413 e. The van der Waals surface area contributed by atoms with Crippen molar-refractivity contribution in [2.75, 3.05) is 19.0 Å². The molecule has 26 heavy (non-hydrogen) atoms. The third-order valence-corrected chi connectivity index (χ3v) is 4.67. The number of amides is 1. The lowest BCUT2D eigenvalue weighted by Gasteiger charge is -2.19. The molecule has 1 aromatic rings. The summed E-state index contributed by atoms with van der Waals surface area (Å²) in [4.78, 5) is 12.1. The number of benzene rings is 1. The van der Waals surface area contributed by atoms with Crippen LogP contribution in [-0.2, 0) is 6.42 Å². The maximum Gasteiger partial charge on any atom is 0.413 e. The Labute approximate surface area is 158 Å². The summed E-state index contributed by atoms with van der Waals surface area (Å²) in [6, 6.07) is 9.66. The lowest BCUT2D eigenvalue weighted by Crippen LogP contribution is -2.30. The van der Waals surface area contributed by atoms with Gasteiger partial charge in [0, 0.05) is 37.9 Å². The van der Waals surface area contributed by atoms with Crippen molar-refractivity contribution in [3.05, 3.63) is 23.8 Å². The Morgan fingerprint density at radius 3 is 2.69 bits per heavy atom. The van der Waals surface area contributed by atoms with E-state index in [1.165, 1.54) is 11.9 Å². The van der Waals surface area contributed by atoms with Crippen LogP contribution in [0.15, 0.2) is 18.2 Å². The number of hydrogen-bond donors (Lipinski definition) is 1. The minimum atomic E-state index is -0.570. The van der Waals surface area contributed by atoms with E-state index in [0.717, 1.165) is 12.0 Å². The fourth-order valence-corrected chi connectivity index (χ4v) is 3.38. The van der Waals surface area contributed by atoms with Crippen molar-refractivity contribution >= 4 is 18.0 Å². The van der Waals surface area contributed by atoms with Crippen LogP contribution in [0.25, 0.3) is 0 Å². The monoisotopic (exact) mass is 374 g/mol. The fraction of sp³-hybridized carbons (Fsp3) is 0.500. The molecule has 1 aliphatic rings. The van der Waals surface area contributed by atoms with Gasteiger partial charge in [-0.25, -0.2) is 9.10 Å². The van der Waals surface area contributed by atoms with Crippen molar-refractivity contribution in [1.29, 1.82) is 10.5 Å². The molecule has 1 amide bonds. The number of para-hydroxylation sites is 1. The highest BCUT2D eigenvalue weighted by atomic mass is 32.2. The van der Waals surface area contributed by atoms with E-state index in [4.69, 9.17) is 20.0 Å². The molecule has 1 aliphatic heterocycles. The summed E-state index contributed by atoms with van der Waals surface area (Å²) < 4.78 is 13.1. The van der Waals surface area contributed by atoms with E-state index in [1.807, 2.05) is 30.3 Å². The fourth-order valence-electron chi connectivity index (χ4n) is 2.58. The van der Waals surface area contributed by atoms with Crippen LogP contribution >= 0.6 is 11.9 Å². The van der Waals surface area contributed by atoms with Gasteiger partial charge >= 0.3 is 6.09 Å². The van der Waals surface area contributed by atoms with Gasteiger partial charge in [0.25, 0.3) is 0 Å². The number of carbonyl (C=O) groups is 1. The highest BCUT2D eigenvalue weighted by Gasteiger charge is 2.32. The topological polar surface area (TPSA) is 98.4 Å². The third-order valence-electron chi connectivity index (χ3n) is 3.67. The summed E-state index contributed by atoms with van der Waals surface area (Å²) >= 11 is 1.35. The Bertz CT molecular complexity index is 706. The second kappa shape index (κ2) is 9.33. The van der Waals surface area contributed by atoms with E-state index >= 15 is 0 Å². The average molecular weight is 374 g/mol. The van der Waals surface area contributed by atoms with Gasteiger partial charge < -0.3 is 14.8 Å². The second-order valence-corrected chi connectivity index (χ2v) is 7.43. The molecule has 0 aliphatic carbocycles. The highest BCUT2D eigenvalue weighted by molar-refractivity contribution is 7.96. The molecule has 7 nitrogen and oxygen atoms in total. The van der Waals surface area contributed by atoms with Crippen LogP contribution in [0.2, 0.25) is 0 Å². The molecule has 0 spiro atoms. The van der Waals surface area contributed by atoms with E-state index in [1.54, 1.807) is 6.07 Å². The van der Waals surface area contributed by atoms with Gasteiger partial charge in [-0.05, 0) is 19.9 Å². The highest BCUT2D eigenvalue weighted by Crippen LogP contribution is 2.41. The minimum absolute atomic E-state index is 0.289. The van der Waals surface area contributed by atoms with Gasteiger partial charge in [-0.1, -0.05) is 24.1 Å². The standard InChI is InChI=1S/C18H22N4O3S/c1-18(2)12-14-6-3-7-15(16(14)25-18)24-17(23)21-13-26-22(10-4-8-19)11-5-9-20/h3,6-7H,4-5,10-13H2,1-2H3,(H,21,23). The van der Waals surface area contributed by atoms with Gasteiger partial charge in [-0.15, -0.1) is 0 Å². The van der Waals surface area contributed by atoms with E-state index in [9.17, 15) is 4.79 Å². The molecule has 0 atom stereocenters. The average Bonchev–Trinajstić information content (AvgIpc) is 2.92. The lowest BCUT2D eigenvalue weighted by molar-refractivity contribution is 0.133. The summed E-state index contributed by atoms with van der Waals surface area (Å²) in [5, 5.41) is 20.0. The molecule has 0 fully saturated rings. The van der Waals surface area contributed by atoms with Crippen LogP contribution in [-0.4, -0.2) is 35.0 Å². The van der Waals surface area contributed by atoms with E-state index in [-0.39, 0.29) is 11.5 Å². The van der Waals surface area contributed by atoms with Gasteiger partial charge in [0.05, 0.1) is 18.0 Å². The van der Waals surface area contributed by atoms with Crippen molar-refractivity contribution in [2.24, 2.45) is 0 Å². The molecular formula is C18H22N4O3S. The number of nitriles is 2. The SMILES string of the molecule is CC1(C)Cc2cccc(OC(=O)NCSN(CCC#N)CCC#N)c2O1. The Morgan fingerprint density at radius 1 is 1.35 bits per heavy atom. The number of nitrogens with one attached hydrogen (secondary N) is 1. The Morgan fingerprint density at radius 2 is 2.04 bits per heavy atom. The Kier molecular flexibility index (Phi) is 7.14. The molecule has 0 radical (unpaired) electrons. The number of hydrogen-bond acceptors (Lipinski definition) is 7. The van der Waals surface area contributed by atoms with E-state index in [2.05, 4.69) is 17.5 Å². The molecule has 2 rings (SSSR count). The van der Waals surface area contributed by atoms with Crippen LogP contribution in [0, 0.1) is 22.7 Å². The molecule has 1 aromatic carbocycles. The van der Waals surface area contributed by atoms with Crippen molar-refractivity contribution in [3.63, 3.8) is 0 Å². The molecule has 1 heterocycles. The summed E-state index contributed by atoms with van der Waals surface area (Å²) in [6.07, 6.45) is 0.932. The van der Waals surface area contributed by atoms with Crippen LogP contribution in [0.3, 0.4) is 0 Å². The van der Waals surface area contributed by atoms with Gasteiger partial charge in [-0.3, -0.25) is 0 Å². The maximum atomic E-state index is 12.1. The zero-order valence-electron chi connectivity index (χ0n) is 14.9. The number of nitrogens with zero attached hydrogens (tertiary/aromatic N) is 3. The predicted octanol–water partition coefficient (Wildman–Crippen LogP) is 3.22. The van der Waals surface area contributed by atoms with Crippen LogP contribution < -0.4 is 14.8 Å². The third kappa shape index (κ3) is 5.83. The largest absolute Gasteiger partial charge is 0.483 e. The molecule has 1 N–H and O–H groups in total. The van der Waals surface area contributed by atoms with Crippen LogP contribution in [0.4, 0.5) is 4.79 Å². The molecule has 0 unspecified atom stereocenters. The first kappa shape index (κ1) is 19.9. The van der Waals surface area contributed by atoms with Crippen molar-refractivity contribution in [2.45, 2.75) is 38.7 Å². The second-order valence-electron chi connectivity index (χ2n) is 6.37. The minimum Gasteiger partial charge on any atom is -0.483 e. The zero-order valence-corrected chi connectivity index (χ0v) is 15.8. The van der Waals surface area contributed by atoms with Crippen LogP contribution in [0.1, 0.15) is 32.3 Å². The van der Waals surface area contributed by atoms with Crippen molar-refractivity contribution < 1.29 is 14.3 Å². The maximum absolute atomic E-state index is 12.1. The molecule has 0 aromatic heterocycles. The molecule has 138 valence electrons. The molecule has 0 saturated carbocycles. The zero-order chi connectivity index (χ0) is 19.0. The first-order valence-electron chi connectivity index (χ1n) is 8.33. The first-order chi connectivity index (χ1) is 12.4. The molecule has 8 heteroatoms. The number of carbonyl (C=O) groups excluding carboxylic acids is 1. The first-order valence-corrected chi connectivity index (χ1v) is 9.28. The molecule has 0 saturated heterocycles. The van der Waals surface area contributed by atoms with Crippen LogP contribution in [0.5, 0.6) is 11.5 Å². The molecular weight excluding hydrogens is 352 g/mol. The summed E-state index contributed by atoms with van der Waals surface area (Å²) in [5.41, 5.74) is 0.713. The number of rotatable bonds is 8. The van der Waals surface area contributed by atoms with Gasteiger partial charge in [0.1, 0.15) is 5.60 Å². The Balaban J connectivity index is 1.84. The quantitative estimate of drug-likeness (QED) is 0.551. The van der Waals surface area contributed by atoms with E-state index < -0.39 is 6.09 Å². The van der Waals surface area contributed by atoms with Crippen molar-refractivity contribution in [1.82, 2.24) is 9.62 Å². The molecule has 0 bridgehead atoms. The number of ether oxygens (including phenoxy) is 2. The van der Waals surface area contributed by atoms with Gasteiger partial charge in [0.2, 0.25) is 0 Å².